The fourth-order valence-electron chi connectivity index (χ4n) is 4.08. The van der Waals surface area contributed by atoms with Gasteiger partial charge in [0.15, 0.2) is 0 Å². The Labute approximate surface area is 186 Å². The number of piperazine rings is 1. The average molecular weight is 439 g/mol. The molecule has 1 amide bonds. The molecule has 3 aromatic rings. The molecule has 2 N–H and O–H groups in total. The van der Waals surface area contributed by atoms with Crippen molar-refractivity contribution in [2.24, 2.45) is 0 Å². The second-order valence-electron chi connectivity index (χ2n) is 7.78. The Morgan fingerprint density at radius 3 is 2.50 bits per heavy atom. The van der Waals surface area contributed by atoms with E-state index in [4.69, 9.17) is 4.74 Å². The van der Waals surface area contributed by atoms with Gasteiger partial charge in [0.1, 0.15) is 11.5 Å². The Hall–Kier alpha value is -3.39. The van der Waals surface area contributed by atoms with E-state index in [1.165, 1.54) is 6.07 Å². The highest BCUT2D eigenvalue weighted by atomic mass is 19.1. The predicted octanol–water partition coefficient (Wildman–Crippen LogP) is 3.63. The lowest BCUT2D eigenvalue weighted by atomic mass is 10.1. The van der Waals surface area contributed by atoms with E-state index in [-0.39, 0.29) is 24.0 Å². The number of nitrogens with zero attached hydrogens (tertiary/aromatic N) is 2. The summed E-state index contributed by atoms with van der Waals surface area (Å²) in [5.74, 6) is -0.956. The minimum Gasteiger partial charge on any atom is -0.461 e. The molecule has 1 aliphatic heterocycles. The third kappa shape index (κ3) is 4.31. The summed E-state index contributed by atoms with van der Waals surface area (Å²) in [5.41, 5.74) is 2.00. The van der Waals surface area contributed by atoms with Crippen molar-refractivity contribution in [2.45, 2.75) is 19.9 Å². The highest BCUT2D eigenvalue weighted by Crippen LogP contribution is 2.29. The summed E-state index contributed by atoms with van der Waals surface area (Å²) in [5, 5.41) is 3.69. The van der Waals surface area contributed by atoms with E-state index in [1.54, 1.807) is 19.1 Å². The van der Waals surface area contributed by atoms with Crippen LogP contribution in [-0.4, -0.2) is 60.6 Å². The van der Waals surface area contributed by atoms with E-state index in [1.807, 2.05) is 42.2 Å². The molecule has 8 heteroatoms. The molecule has 1 aromatic heterocycles. The van der Waals surface area contributed by atoms with Gasteiger partial charge in [-0.25, -0.2) is 9.18 Å². The Morgan fingerprint density at radius 2 is 1.78 bits per heavy atom. The van der Waals surface area contributed by atoms with E-state index >= 15 is 0 Å². The number of hydrogen-bond donors (Lipinski definition) is 2. The summed E-state index contributed by atoms with van der Waals surface area (Å²) >= 11 is 0. The van der Waals surface area contributed by atoms with Crippen LogP contribution in [0.2, 0.25) is 0 Å². The van der Waals surface area contributed by atoms with Crippen LogP contribution in [0.5, 0.6) is 0 Å². The van der Waals surface area contributed by atoms with E-state index in [9.17, 15) is 14.0 Å². The standard InChI is InChI=1S/C24H27FN4O3/c1-3-32-24(31)22-21(17-8-4-6-10-19(17)26-22)27-23(30)16(2)28-12-14-29(15-13-28)20-11-7-5-9-18(20)25/h4-11,16,26H,3,12-15H2,1-2H3,(H,27,30)/t16-/m0/s1. The number of halogens is 1. The number of aromatic amines is 1. The summed E-state index contributed by atoms with van der Waals surface area (Å²) in [7, 11) is 0. The van der Waals surface area contributed by atoms with Crippen molar-refractivity contribution in [3.63, 3.8) is 0 Å². The van der Waals surface area contributed by atoms with Crippen molar-refractivity contribution in [2.75, 3.05) is 43.0 Å². The first-order valence-electron chi connectivity index (χ1n) is 10.8. The van der Waals surface area contributed by atoms with Gasteiger partial charge in [0.05, 0.1) is 24.0 Å². The van der Waals surface area contributed by atoms with E-state index < -0.39 is 12.0 Å². The van der Waals surface area contributed by atoms with Gasteiger partial charge in [-0.05, 0) is 32.0 Å². The number of nitrogens with one attached hydrogen (secondary N) is 2. The summed E-state index contributed by atoms with van der Waals surface area (Å²) in [6.45, 7) is 6.32. The third-order valence-corrected chi connectivity index (χ3v) is 5.87. The summed E-state index contributed by atoms with van der Waals surface area (Å²) in [4.78, 5) is 32.6. The average Bonchev–Trinajstić information content (AvgIpc) is 3.18. The highest BCUT2D eigenvalue weighted by molar-refractivity contribution is 6.11. The first-order chi connectivity index (χ1) is 15.5. The van der Waals surface area contributed by atoms with Crippen LogP contribution >= 0.6 is 0 Å². The maximum absolute atomic E-state index is 14.1. The zero-order valence-corrected chi connectivity index (χ0v) is 18.2. The molecular weight excluding hydrogens is 411 g/mol. The normalized spacial score (nSPS) is 15.5. The molecule has 1 saturated heterocycles. The summed E-state index contributed by atoms with van der Waals surface area (Å²) in [6.07, 6.45) is 0. The van der Waals surface area contributed by atoms with Crippen molar-refractivity contribution in [3.8, 4) is 0 Å². The topological polar surface area (TPSA) is 77.7 Å². The lowest BCUT2D eigenvalue weighted by molar-refractivity contribution is -0.120. The van der Waals surface area contributed by atoms with Gasteiger partial charge in [-0.15, -0.1) is 0 Å². The first kappa shape index (κ1) is 21.8. The zero-order chi connectivity index (χ0) is 22.7. The van der Waals surface area contributed by atoms with Crippen molar-refractivity contribution in [1.82, 2.24) is 9.88 Å². The lowest BCUT2D eigenvalue weighted by Gasteiger charge is -2.38. The number of hydrogen-bond acceptors (Lipinski definition) is 5. The molecule has 0 bridgehead atoms. The number of para-hydroxylation sites is 2. The molecule has 32 heavy (non-hydrogen) atoms. The van der Waals surface area contributed by atoms with Crippen LogP contribution < -0.4 is 10.2 Å². The number of anilines is 2. The first-order valence-corrected chi connectivity index (χ1v) is 10.8. The molecule has 0 radical (unpaired) electrons. The molecule has 0 saturated carbocycles. The molecule has 1 aliphatic rings. The molecule has 0 unspecified atom stereocenters. The van der Waals surface area contributed by atoms with Crippen molar-refractivity contribution in [1.29, 1.82) is 0 Å². The number of esters is 1. The molecule has 7 nitrogen and oxygen atoms in total. The number of rotatable bonds is 6. The van der Waals surface area contributed by atoms with Gasteiger partial charge in [-0.3, -0.25) is 9.69 Å². The molecule has 4 rings (SSSR count). The molecule has 168 valence electrons. The fraction of sp³-hybridized carbons (Fsp3) is 0.333. The highest BCUT2D eigenvalue weighted by Gasteiger charge is 2.28. The zero-order valence-electron chi connectivity index (χ0n) is 18.2. The predicted molar refractivity (Wildman–Crippen MR) is 123 cm³/mol. The number of ether oxygens (including phenoxy) is 1. The van der Waals surface area contributed by atoms with Crippen LogP contribution in [0.15, 0.2) is 48.5 Å². The van der Waals surface area contributed by atoms with Crippen LogP contribution in [0, 0.1) is 5.82 Å². The fourth-order valence-corrected chi connectivity index (χ4v) is 4.08. The van der Waals surface area contributed by atoms with Gasteiger partial charge in [0.2, 0.25) is 5.91 Å². The number of aromatic nitrogens is 1. The third-order valence-electron chi connectivity index (χ3n) is 5.87. The van der Waals surface area contributed by atoms with Crippen LogP contribution in [0.25, 0.3) is 10.9 Å². The summed E-state index contributed by atoms with van der Waals surface area (Å²) in [6, 6.07) is 13.7. The minimum absolute atomic E-state index is 0.209. The van der Waals surface area contributed by atoms with E-state index in [2.05, 4.69) is 15.2 Å². The molecule has 1 atom stereocenters. The maximum atomic E-state index is 14.1. The van der Waals surface area contributed by atoms with E-state index in [0.717, 1.165) is 10.9 Å². The Kier molecular flexibility index (Phi) is 6.41. The Balaban J connectivity index is 1.47. The minimum atomic E-state index is -0.509. The Morgan fingerprint density at radius 1 is 1.09 bits per heavy atom. The van der Waals surface area contributed by atoms with Crippen molar-refractivity contribution >= 4 is 34.2 Å². The van der Waals surface area contributed by atoms with Gasteiger partial charge in [0.25, 0.3) is 0 Å². The molecule has 0 spiro atoms. The molecule has 0 aliphatic carbocycles. The molecule has 2 heterocycles. The molecule has 2 aromatic carbocycles. The number of benzene rings is 2. The molecular formula is C24H27FN4O3. The smallest absolute Gasteiger partial charge is 0.356 e. The number of amides is 1. The van der Waals surface area contributed by atoms with Gasteiger partial charge in [0, 0.05) is 37.1 Å². The van der Waals surface area contributed by atoms with Crippen LogP contribution in [0.3, 0.4) is 0 Å². The van der Waals surface area contributed by atoms with E-state index in [0.29, 0.717) is 37.6 Å². The number of fused-ring (bicyclic) bond motifs is 1. The van der Waals surface area contributed by atoms with Gasteiger partial charge in [-0.2, -0.15) is 0 Å². The Bertz CT molecular complexity index is 1120. The summed E-state index contributed by atoms with van der Waals surface area (Å²) < 4.78 is 19.2. The number of carbonyl (C=O) groups excluding carboxylic acids is 2. The second kappa shape index (κ2) is 9.40. The second-order valence-corrected chi connectivity index (χ2v) is 7.78. The van der Waals surface area contributed by atoms with Gasteiger partial charge in [-0.1, -0.05) is 30.3 Å². The molecule has 1 fully saturated rings. The monoisotopic (exact) mass is 438 g/mol. The van der Waals surface area contributed by atoms with Crippen LogP contribution in [0.4, 0.5) is 15.8 Å². The van der Waals surface area contributed by atoms with Gasteiger partial charge >= 0.3 is 5.97 Å². The number of carbonyl (C=O) groups is 2. The van der Waals surface area contributed by atoms with Crippen LogP contribution in [0.1, 0.15) is 24.3 Å². The van der Waals surface area contributed by atoms with Crippen molar-refractivity contribution in [3.05, 3.63) is 60.0 Å². The lowest BCUT2D eigenvalue weighted by Crippen LogP contribution is -2.53. The van der Waals surface area contributed by atoms with Crippen LogP contribution in [-0.2, 0) is 9.53 Å². The quantitative estimate of drug-likeness (QED) is 0.575. The SMILES string of the molecule is CCOC(=O)c1[nH]c2ccccc2c1NC(=O)[C@H](C)N1CCN(c2ccccc2F)CC1. The van der Waals surface area contributed by atoms with Crippen molar-refractivity contribution < 1.29 is 18.7 Å². The largest absolute Gasteiger partial charge is 0.461 e. The van der Waals surface area contributed by atoms with Gasteiger partial charge < -0.3 is 19.9 Å². The number of H-pyrrole nitrogens is 1. The maximum Gasteiger partial charge on any atom is 0.356 e.